The topological polar surface area (TPSA) is 71.8 Å². The fourth-order valence-electron chi connectivity index (χ4n) is 4.75. The van der Waals surface area contributed by atoms with Gasteiger partial charge in [-0.25, -0.2) is 9.18 Å². The van der Waals surface area contributed by atoms with Crippen LogP contribution in [0.1, 0.15) is 39.9 Å². The van der Waals surface area contributed by atoms with E-state index >= 15 is 0 Å². The van der Waals surface area contributed by atoms with Crippen LogP contribution in [0.3, 0.4) is 0 Å². The number of pyridine rings is 1. The average molecular weight is 570 g/mol. The number of carbonyl (C=O) groups is 2. The summed E-state index contributed by atoms with van der Waals surface area (Å²) in [5.74, 6) is -1.13. The SMILES string of the molecule is C.CCOC(=O)c1c(N2CCN(C(=O)c3cccs3)CC2)c2cc(Cl)ccc2n(Cc2ccc(F)cc2)c1=O. The van der Waals surface area contributed by atoms with Crippen LogP contribution >= 0.6 is 22.9 Å². The molecule has 5 rings (SSSR count). The maximum absolute atomic E-state index is 13.9. The lowest BCUT2D eigenvalue weighted by molar-refractivity contribution is 0.0523. The summed E-state index contributed by atoms with van der Waals surface area (Å²) in [6, 6.07) is 14.7. The minimum Gasteiger partial charge on any atom is -0.462 e. The molecule has 1 aliphatic heterocycles. The number of esters is 1. The van der Waals surface area contributed by atoms with Gasteiger partial charge in [0.05, 0.1) is 29.2 Å². The van der Waals surface area contributed by atoms with Crippen LogP contribution in [0.25, 0.3) is 10.9 Å². The van der Waals surface area contributed by atoms with E-state index in [1.807, 2.05) is 16.3 Å². The van der Waals surface area contributed by atoms with Crippen molar-refractivity contribution < 1.29 is 18.7 Å². The molecule has 4 aromatic rings. The van der Waals surface area contributed by atoms with Crippen LogP contribution in [0.15, 0.2) is 64.8 Å². The number of hydrogen-bond acceptors (Lipinski definition) is 6. The number of rotatable bonds is 6. The van der Waals surface area contributed by atoms with E-state index in [0.29, 0.717) is 58.2 Å². The molecule has 7 nitrogen and oxygen atoms in total. The number of anilines is 1. The summed E-state index contributed by atoms with van der Waals surface area (Å²) in [4.78, 5) is 44.4. The number of thiophene rings is 1. The van der Waals surface area contributed by atoms with E-state index in [1.54, 1.807) is 48.2 Å². The summed E-state index contributed by atoms with van der Waals surface area (Å²) in [5, 5.41) is 2.94. The van der Waals surface area contributed by atoms with Crippen molar-refractivity contribution in [3.63, 3.8) is 0 Å². The van der Waals surface area contributed by atoms with Crippen molar-refractivity contribution in [3.8, 4) is 0 Å². The highest BCUT2D eigenvalue weighted by Gasteiger charge is 2.30. The van der Waals surface area contributed by atoms with E-state index in [9.17, 15) is 18.8 Å². The Morgan fingerprint density at radius 2 is 1.77 bits per heavy atom. The van der Waals surface area contributed by atoms with Crippen LogP contribution in [0.2, 0.25) is 5.02 Å². The molecule has 0 bridgehead atoms. The molecule has 39 heavy (non-hydrogen) atoms. The zero-order valence-electron chi connectivity index (χ0n) is 20.7. The first kappa shape index (κ1) is 28.3. The van der Waals surface area contributed by atoms with Crippen molar-refractivity contribution in [1.29, 1.82) is 0 Å². The number of nitrogens with zero attached hydrogens (tertiary/aromatic N) is 3. The minimum atomic E-state index is -0.723. The molecule has 2 aromatic carbocycles. The predicted molar refractivity (Wildman–Crippen MR) is 154 cm³/mol. The summed E-state index contributed by atoms with van der Waals surface area (Å²) >= 11 is 7.80. The zero-order chi connectivity index (χ0) is 26.8. The Labute approximate surface area is 235 Å². The number of piperazine rings is 1. The molecule has 0 unspecified atom stereocenters. The Hall–Kier alpha value is -3.69. The van der Waals surface area contributed by atoms with Gasteiger partial charge in [0, 0.05) is 36.6 Å². The van der Waals surface area contributed by atoms with Crippen molar-refractivity contribution in [2.75, 3.05) is 37.7 Å². The maximum atomic E-state index is 13.9. The van der Waals surface area contributed by atoms with E-state index in [1.165, 1.54) is 28.0 Å². The average Bonchev–Trinajstić information content (AvgIpc) is 3.46. The van der Waals surface area contributed by atoms with E-state index in [-0.39, 0.29) is 37.9 Å². The Bertz CT molecular complexity index is 1550. The second-order valence-corrected chi connectivity index (χ2v) is 10.3. The van der Waals surface area contributed by atoms with Gasteiger partial charge in [-0.15, -0.1) is 11.3 Å². The summed E-state index contributed by atoms with van der Waals surface area (Å²) < 4.78 is 20.3. The molecule has 1 saturated heterocycles. The van der Waals surface area contributed by atoms with Crippen LogP contribution in [0, 0.1) is 5.82 Å². The summed E-state index contributed by atoms with van der Waals surface area (Å²) in [7, 11) is 0. The van der Waals surface area contributed by atoms with Gasteiger partial charge in [0.2, 0.25) is 0 Å². The molecule has 10 heteroatoms. The molecule has 0 saturated carbocycles. The third kappa shape index (κ3) is 5.69. The number of hydrogen-bond donors (Lipinski definition) is 0. The molecule has 0 aliphatic carbocycles. The molecule has 3 heterocycles. The summed E-state index contributed by atoms with van der Waals surface area (Å²) in [6.07, 6.45) is 0. The molecule has 0 atom stereocenters. The molecule has 1 aliphatic rings. The number of fused-ring (bicyclic) bond motifs is 1. The Morgan fingerprint density at radius 1 is 1.05 bits per heavy atom. The molecular formula is C29H29ClFN3O4S. The normalized spacial score (nSPS) is 13.3. The van der Waals surface area contributed by atoms with Gasteiger partial charge in [0.1, 0.15) is 11.4 Å². The smallest absolute Gasteiger partial charge is 0.345 e. The third-order valence-electron chi connectivity index (χ3n) is 6.55. The van der Waals surface area contributed by atoms with Gasteiger partial charge < -0.3 is 19.1 Å². The number of carbonyl (C=O) groups excluding carboxylic acids is 2. The molecule has 0 radical (unpaired) electrons. The highest BCUT2D eigenvalue weighted by Crippen LogP contribution is 2.33. The van der Waals surface area contributed by atoms with Crippen LogP contribution in [-0.2, 0) is 11.3 Å². The third-order valence-corrected chi connectivity index (χ3v) is 7.64. The number of halogens is 2. The highest BCUT2D eigenvalue weighted by molar-refractivity contribution is 7.12. The van der Waals surface area contributed by atoms with Gasteiger partial charge >= 0.3 is 5.97 Å². The summed E-state index contributed by atoms with van der Waals surface area (Å²) in [5.41, 5.74) is 1.15. The first-order valence-electron chi connectivity index (χ1n) is 12.2. The maximum Gasteiger partial charge on any atom is 0.345 e. The Morgan fingerprint density at radius 3 is 2.41 bits per heavy atom. The van der Waals surface area contributed by atoms with E-state index in [0.717, 1.165) is 0 Å². The van der Waals surface area contributed by atoms with Crippen LogP contribution < -0.4 is 10.5 Å². The van der Waals surface area contributed by atoms with Crippen molar-refractivity contribution >= 4 is 51.4 Å². The molecule has 2 aromatic heterocycles. The van der Waals surface area contributed by atoms with Crippen molar-refractivity contribution in [2.24, 2.45) is 0 Å². The quantitative estimate of drug-likeness (QED) is 0.279. The lowest BCUT2D eigenvalue weighted by Gasteiger charge is -2.37. The number of ether oxygens (including phenoxy) is 1. The van der Waals surface area contributed by atoms with Crippen molar-refractivity contribution in [1.82, 2.24) is 9.47 Å². The molecule has 0 N–H and O–H groups in total. The Kier molecular flexibility index (Phi) is 8.72. The standard InChI is InChI=1S/C28H25ClFN3O4S.CH4/c1-2-37-28(36)24-25(31-11-13-32(14-12-31)26(34)23-4-3-15-38-23)21-16-19(29)7-10-22(21)33(27(24)35)17-18-5-8-20(30)9-6-18;/h3-10,15-16H,2,11-14,17H2,1H3;1H4. The zero-order valence-corrected chi connectivity index (χ0v) is 22.2. The first-order chi connectivity index (χ1) is 18.4. The van der Waals surface area contributed by atoms with Crippen LogP contribution in [0.5, 0.6) is 0 Å². The number of amides is 1. The molecule has 1 fully saturated rings. The van der Waals surface area contributed by atoms with Gasteiger partial charge in [-0.05, 0) is 54.3 Å². The van der Waals surface area contributed by atoms with E-state index < -0.39 is 11.5 Å². The van der Waals surface area contributed by atoms with Crippen LogP contribution in [-0.4, -0.2) is 54.1 Å². The highest BCUT2D eigenvalue weighted by atomic mass is 35.5. The van der Waals surface area contributed by atoms with Gasteiger partial charge in [0.25, 0.3) is 11.5 Å². The number of benzene rings is 2. The Balaban J connectivity index is 0.00000353. The first-order valence-corrected chi connectivity index (χ1v) is 13.5. The largest absolute Gasteiger partial charge is 0.462 e. The lowest BCUT2D eigenvalue weighted by atomic mass is 10.0. The second-order valence-electron chi connectivity index (χ2n) is 8.88. The fraction of sp³-hybridized carbons (Fsp3) is 0.276. The van der Waals surface area contributed by atoms with E-state index in [2.05, 4.69) is 0 Å². The van der Waals surface area contributed by atoms with Crippen molar-refractivity contribution in [2.45, 2.75) is 20.9 Å². The van der Waals surface area contributed by atoms with Gasteiger partial charge in [0.15, 0.2) is 0 Å². The molecule has 204 valence electrons. The second kappa shape index (κ2) is 12.0. The van der Waals surface area contributed by atoms with Gasteiger partial charge in [-0.2, -0.15) is 0 Å². The monoisotopic (exact) mass is 569 g/mol. The van der Waals surface area contributed by atoms with Gasteiger partial charge in [-0.1, -0.05) is 37.2 Å². The van der Waals surface area contributed by atoms with Gasteiger partial charge in [-0.3, -0.25) is 9.59 Å². The lowest BCUT2D eigenvalue weighted by Crippen LogP contribution is -2.49. The van der Waals surface area contributed by atoms with Crippen LogP contribution in [0.4, 0.5) is 10.1 Å². The number of aromatic nitrogens is 1. The fourth-order valence-corrected chi connectivity index (χ4v) is 5.61. The minimum absolute atomic E-state index is 0. The molecule has 0 spiro atoms. The predicted octanol–water partition coefficient (Wildman–Crippen LogP) is 5.68. The molecular weight excluding hydrogens is 541 g/mol. The summed E-state index contributed by atoms with van der Waals surface area (Å²) in [6.45, 7) is 3.62. The van der Waals surface area contributed by atoms with E-state index in [4.69, 9.17) is 16.3 Å². The van der Waals surface area contributed by atoms with Crippen molar-refractivity contribution in [3.05, 3.63) is 97.2 Å². The molecule has 1 amide bonds.